The van der Waals surface area contributed by atoms with Crippen LogP contribution in [0.15, 0.2) is 83.0 Å². The van der Waals surface area contributed by atoms with Gasteiger partial charge in [0, 0.05) is 30.9 Å². The van der Waals surface area contributed by atoms with Gasteiger partial charge in [-0.1, -0.05) is 35.9 Å². The fourth-order valence-electron chi connectivity index (χ4n) is 2.80. The Balaban J connectivity index is 1.55. The number of carbonyl (C=O) groups is 2. The van der Waals surface area contributed by atoms with Crippen LogP contribution in [0.5, 0.6) is 0 Å². The highest BCUT2D eigenvalue weighted by molar-refractivity contribution is 5.96. The van der Waals surface area contributed by atoms with Gasteiger partial charge in [0.05, 0.1) is 12.4 Å². The van der Waals surface area contributed by atoms with Gasteiger partial charge in [-0.25, -0.2) is 10.9 Å². The molecule has 0 aromatic heterocycles. The second kappa shape index (κ2) is 10.7. The first-order valence-corrected chi connectivity index (χ1v) is 10.0. The number of hydrazone groups is 2. The Kier molecular flexibility index (Phi) is 7.48. The molecule has 0 saturated heterocycles. The van der Waals surface area contributed by atoms with Gasteiger partial charge in [-0.3, -0.25) is 9.59 Å². The maximum absolute atomic E-state index is 12.2. The first-order chi connectivity index (χ1) is 15.4. The lowest BCUT2D eigenvalue weighted by atomic mass is 10.1. The Bertz CT molecular complexity index is 1130. The molecule has 0 bridgehead atoms. The minimum Gasteiger partial charge on any atom is -0.378 e. The highest BCUT2D eigenvalue weighted by Crippen LogP contribution is 2.12. The van der Waals surface area contributed by atoms with Crippen molar-refractivity contribution in [3.63, 3.8) is 0 Å². The molecule has 0 spiro atoms. The van der Waals surface area contributed by atoms with E-state index in [1.807, 2.05) is 74.4 Å². The number of aryl methyl sites for hydroxylation is 1. The molecule has 0 aliphatic rings. The first kappa shape index (κ1) is 22.4. The number of anilines is 1. The van der Waals surface area contributed by atoms with Crippen molar-refractivity contribution < 1.29 is 9.59 Å². The van der Waals surface area contributed by atoms with Crippen LogP contribution in [0.3, 0.4) is 0 Å². The van der Waals surface area contributed by atoms with Crippen molar-refractivity contribution in [2.24, 2.45) is 10.2 Å². The minimum absolute atomic E-state index is 0.278. The van der Waals surface area contributed by atoms with Crippen molar-refractivity contribution in [1.29, 1.82) is 0 Å². The number of carbonyl (C=O) groups excluding carboxylic acids is 2. The molecule has 3 rings (SSSR count). The highest BCUT2D eigenvalue weighted by Gasteiger charge is 2.05. The maximum atomic E-state index is 12.2. The first-order valence-electron chi connectivity index (χ1n) is 10.0. The number of hydrogen-bond acceptors (Lipinski definition) is 5. The lowest BCUT2D eigenvalue weighted by Gasteiger charge is -2.12. The Hall–Kier alpha value is -4.26. The molecule has 2 amide bonds. The zero-order valence-electron chi connectivity index (χ0n) is 18.2. The number of benzene rings is 3. The molecule has 0 unspecified atom stereocenters. The number of rotatable bonds is 7. The Labute approximate surface area is 187 Å². The van der Waals surface area contributed by atoms with Gasteiger partial charge in [0.1, 0.15) is 0 Å². The van der Waals surface area contributed by atoms with Crippen LogP contribution in [0.2, 0.25) is 0 Å². The molecule has 3 aromatic carbocycles. The lowest BCUT2D eigenvalue weighted by Crippen LogP contribution is -2.18. The molecule has 0 atom stereocenters. The summed E-state index contributed by atoms with van der Waals surface area (Å²) in [5, 5.41) is 8.03. The fraction of sp³-hybridized carbons (Fsp3) is 0.120. The van der Waals surface area contributed by atoms with Crippen LogP contribution in [0.1, 0.15) is 37.4 Å². The van der Waals surface area contributed by atoms with Gasteiger partial charge < -0.3 is 4.90 Å². The van der Waals surface area contributed by atoms with E-state index in [2.05, 4.69) is 21.1 Å². The smallest absolute Gasteiger partial charge is 0.271 e. The standard InChI is InChI=1S/C25H25N5O2/c1-18-7-9-21(10-8-18)24(31)28-26-16-19-5-4-6-20(15-19)17-27-29-25(32)22-11-13-23(14-12-22)30(2)3/h4-17H,1-3H3,(H,28,31)(H,29,32)/b26-16+,27-17+. The van der Waals surface area contributed by atoms with Gasteiger partial charge in [0.2, 0.25) is 0 Å². The molecule has 7 nitrogen and oxygen atoms in total. The number of nitrogens with zero attached hydrogens (tertiary/aromatic N) is 3. The molecule has 7 heteroatoms. The fourth-order valence-corrected chi connectivity index (χ4v) is 2.80. The predicted molar refractivity (Wildman–Crippen MR) is 129 cm³/mol. The second-order valence-corrected chi connectivity index (χ2v) is 7.38. The van der Waals surface area contributed by atoms with E-state index in [1.165, 1.54) is 0 Å². The third kappa shape index (κ3) is 6.37. The Morgan fingerprint density at radius 3 is 1.69 bits per heavy atom. The summed E-state index contributed by atoms with van der Waals surface area (Å²) in [4.78, 5) is 26.3. The minimum atomic E-state index is -0.289. The molecule has 2 N–H and O–H groups in total. The summed E-state index contributed by atoms with van der Waals surface area (Å²) in [5.74, 6) is -0.566. The third-order valence-corrected chi connectivity index (χ3v) is 4.63. The molecule has 0 saturated carbocycles. The van der Waals surface area contributed by atoms with E-state index in [0.29, 0.717) is 11.1 Å². The summed E-state index contributed by atoms with van der Waals surface area (Å²) < 4.78 is 0. The van der Waals surface area contributed by atoms with Crippen molar-refractivity contribution in [2.75, 3.05) is 19.0 Å². The van der Waals surface area contributed by atoms with Gasteiger partial charge >= 0.3 is 0 Å². The average Bonchev–Trinajstić information content (AvgIpc) is 2.79. The molecular weight excluding hydrogens is 402 g/mol. The highest BCUT2D eigenvalue weighted by atomic mass is 16.2. The van der Waals surface area contributed by atoms with E-state index in [-0.39, 0.29) is 11.8 Å². The van der Waals surface area contributed by atoms with Crippen molar-refractivity contribution in [1.82, 2.24) is 10.9 Å². The van der Waals surface area contributed by atoms with Crippen molar-refractivity contribution in [3.05, 3.63) is 101 Å². The van der Waals surface area contributed by atoms with Crippen LogP contribution in [0, 0.1) is 6.92 Å². The molecule has 32 heavy (non-hydrogen) atoms. The number of nitrogens with one attached hydrogen (secondary N) is 2. The zero-order chi connectivity index (χ0) is 22.9. The van der Waals surface area contributed by atoms with Crippen molar-refractivity contribution >= 4 is 29.9 Å². The monoisotopic (exact) mass is 427 g/mol. The van der Waals surface area contributed by atoms with E-state index in [4.69, 9.17) is 0 Å². The molecule has 0 radical (unpaired) electrons. The maximum Gasteiger partial charge on any atom is 0.271 e. The Morgan fingerprint density at radius 1 is 0.750 bits per heavy atom. The van der Waals surface area contributed by atoms with Crippen LogP contribution in [-0.4, -0.2) is 38.3 Å². The second-order valence-electron chi connectivity index (χ2n) is 7.38. The topological polar surface area (TPSA) is 86.2 Å². The number of hydrogen-bond donors (Lipinski definition) is 2. The van der Waals surface area contributed by atoms with Gasteiger partial charge in [0.15, 0.2) is 0 Å². The summed E-state index contributed by atoms with van der Waals surface area (Å²) in [6.45, 7) is 1.96. The third-order valence-electron chi connectivity index (χ3n) is 4.63. The summed E-state index contributed by atoms with van der Waals surface area (Å²) in [5.41, 5.74) is 9.76. The van der Waals surface area contributed by atoms with Gasteiger partial charge in [-0.2, -0.15) is 10.2 Å². The summed E-state index contributed by atoms with van der Waals surface area (Å²) in [6, 6.07) is 21.9. The van der Waals surface area contributed by atoms with Crippen LogP contribution >= 0.6 is 0 Å². The molecule has 0 fully saturated rings. The SMILES string of the molecule is Cc1ccc(C(=O)N/N=C/c2cccc(/C=N/NC(=O)c3ccc(N(C)C)cc3)c2)cc1. The van der Waals surface area contributed by atoms with Crippen LogP contribution in [0.25, 0.3) is 0 Å². The lowest BCUT2D eigenvalue weighted by molar-refractivity contribution is 0.0947. The van der Waals surface area contributed by atoms with Gasteiger partial charge in [-0.05, 0) is 60.5 Å². The Morgan fingerprint density at radius 2 is 1.22 bits per heavy atom. The van der Waals surface area contributed by atoms with Gasteiger partial charge in [-0.15, -0.1) is 0 Å². The summed E-state index contributed by atoms with van der Waals surface area (Å²) in [7, 11) is 3.88. The summed E-state index contributed by atoms with van der Waals surface area (Å²) in [6.07, 6.45) is 3.10. The van der Waals surface area contributed by atoms with E-state index in [9.17, 15) is 9.59 Å². The van der Waals surface area contributed by atoms with Crippen LogP contribution in [-0.2, 0) is 0 Å². The molecule has 3 aromatic rings. The summed E-state index contributed by atoms with van der Waals surface area (Å²) >= 11 is 0. The van der Waals surface area contributed by atoms with Crippen molar-refractivity contribution in [3.8, 4) is 0 Å². The normalized spacial score (nSPS) is 11.0. The van der Waals surface area contributed by atoms with Crippen LogP contribution < -0.4 is 15.8 Å². The predicted octanol–water partition coefficient (Wildman–Crippen LogP) is 3.59. The van der Waals surface area contributed by atoms with Crippen molar-refractivity contribution in [2.45, 2.75) is 6.92 Å². The molecule has 0 aliphatic heterocycles. The largest absolute Gasteiger partial charge is 0.378 e. The van der Waals surface area contributed by atoms with E-state index in [1.54, 1.807) is 36.7 Å². The van der Waals surface area contributed by atoms with E-state index >= 15 is 0 Å². The average molecular weight is 428 g/mol. The number of amides is 2. The molecule has 0 heterocycles. The molecule has 162 valence electrons. The zero-order valence-corrected chi connectivity index (χ0v) is 18.2. The molecular formula is C25H25N5O2. The quantitative estimate of drug-likeness (QED) is 0.446. The van der Waals surface area contributed by atoms with E-state index in [0.717, 1.165) is 22.4 Å². The van der Waals surface area contributed by atoms with Crippen LogP contribution in [0.4, 0.5) is 5.69 Å². The van der Waals surface area contributed by atoms with E-state index < -0.39 is 0 Å². The van der Waals surface area contributed by atoms with Gasteiger partial charge in [0.25, 0.3) is 11.8 Å². The molecule has 0 aliphatic carbocycles.